The summed E-state index contributed by atoms with van der Waals surface area (Å²) in [4.78, 5) is 27.1. The van der Waals surface area contributed by atoms with Crippen molar-refractivity contribution < 1.29 is 119 Å². The van der Waals surface area contributed by atoms with E-state index in [0.29, 0.717) is 5.56 Å². The number of carbonyl (C=O) groups excluding carboxylic acids is 1. The highest BCUT2D eigenvalue weighted by Crippen LogP contribution is 2.41. The Morgan fingerprint density at radius 1 is 0.647 bits per heavy atom. The van der Waals surface area contributed by atoms with E-state index in [1.807, 2.05) is 0 Å². The maximum absolute atomic E-state index is 14.5. The number of carbonyl (C=O) groups is 1. The molecular formula is C43H48O25. The predicted molar refractivity (Wildman–Crippen MR) is 222 cm³/mol. The van der Waals surface area contributed by atoms with Gasteiger partial charge in [-0.05, 0) is 42.0 Å². The molecule has 0 bridgehead atoms. The van der Waals surface area contributed by atoms with Gasteiger partial charge in [-0.25, -0.2) is 4.79 Å². The topological polar surface area (TPSA) is 404 Å². The molecule has 1 aromatic heterocycles. The Labute approximate surface area is 382 Å². The van der Waals surface area contributed by atoms with Crippen LogP contribution in [0.4, 0.5) is 0 Å². The Hall–Kier alpha value is -5.88. The number of aliphatic hydroxyl groups is 10. The van der Waals surface area contributed by atoms with Crippen molar-refractivity contribution in [3.8, 4) is 51.6 Å². The Balaban J connectivity index is 1.19. The van der Waals surface area contributed by atoms with E-state index in [4.69, 9.17) is 42.3 Å². The van der Waals surface area contributed by atoms with Crippen molar-refractivity contribution in [3.63, 3.8) is 0 Å². The van der Waals surface area contributed by atoms with E-state index in [1.54, 1.807) is 0 Å². The molecular weight excluding hydrogens is 916 g/mol. The Kier molecular flexibility index (Phi) is 15.3. The van der Waals surface area contributed by atoms with Crippen molar-refractivity contribution in [2.24, 2.45) is 0 Å². The van der Waals surface area contributed by atoms with Crippen LogP contribution >= 0.6 is 0 Å². The zero-order valence-electron chi connectivity index (χ0n) is 35.3. The highest BCUT2D eigenvalue weighted by Gasteiger charge is 2.52. The number of hydrogen-bond donors (Lipinski definition) is 14. The second-order valence-corrected chi connectivity index (χ2v) is 15.8. The molecule has 4 heterocycles. The molecule has 3 aromatic carbocycles. The lowest BCUT2D eigenvalue weighted by Crippen LogP contribution is -2.65. The number of aliphatic hydroxyl groups excluding tert-OH is 10. The molecule has 3 aliphatic rings. The maximum atomic E-state index is 14.5. The average molecular weight is 965 g/mol. The minimum absolute atomic E-state index is 0.121. The molecule has 4 aromatic rings. The fourth-order valence-electron chi connectivity index (χ4n) is 7.49. The first-order valence-electron chi connectivity index (χ1n) is 20.5. The Morgan fingerprint density at radius 2 is 1.26 bits per heavy atom. The zero-order chi connectivity index (χ0) is 49.3. The van der Waals surface area contributed by atoms with Crippen LogP contribution in [0.15, 0.2) is 63.8 Å². The number of hydrogen-bond acceptors (Lipinski definition) is 25. The molecule has 3 aliphatic heterocycles. The lowest BCUT2D eigenvalue weighted by atomic mass is 9.97. The van der Waals surface area contributed by atoms with Crippen LogP contribution in [0.2, 0.25) is 0 Å². The summed E-state index contributed by atoms with van der Waals surface area (Å²) >= 11 is 0. The van der Waals surface area contributed by atoms with Crippen molar-refractivity contribution in [2.45, 2.75) is 92.1 Å². The third-order valence-electron chi connectivity index (χ3n) is 11.3. The first-order chi connectivity index (χ1) is 32.3. The normalized spacial score (nSPS) is 32.0. The van der Waals surface area contributed by atoms with Crippen LogP contribution in [0, 0.1) is 0 Å². The van der Waals surface area contributed by atoms with Gasteiger partial charge in [-0.2, -0.15) is 0 Å². The number of rotatable bonds is 14. The third kappa shape index (κ3) is 10.1. The van der Waals surface area contributed by atoms with Crippen molar-refractivity contribution in [1.82, 2.24) is 0 Å². The Bertz CT molecular complexity index is 2510. The van der Waals surface area contributed by atoms with E-state index in [0.717, 1.165) is 36.4 Å². The van der Waals surface area contributed by atoms with E-state index < -0.39 is 163 Å². The summed E-state index contributed by atoms with van der Waals surface area (Å²) in [5.41, 5.74) is -1.45. The van der Waals surface area contributed by atoms with Crippen LogP contribution in [0.3, 0.4) is 0 Å². The van der Waals surface area contributed by atoms with Gasteiger partial charge in [0.25, 0.3) is 0 Å². The van der Waals surface area contributed by atoms with Gasteiger partial charge in [-0.15, -0.1) is 0 Å². The van der Waals surface area contributed by atoms with Crippen molar-refractivity contribution in [2.75, 3.05) is 26.9 Å². The van der Waals surface area contributed by atoms with E-state index in [1.165, 1.54) is 31.4 Å². The van der Waals surface area contributed by atoms with Crippen LogP contribution in [0.1, 0.15) is 5.56 Å². The number of ether oxygens (including phenoxy) is 8. The van der Waals surface area contributed by atoms with E-state index in [2.05, 4.69) is 0 Å². The summed E-state index contributed by atoms with van der Waals surface area (Å²) in [6, 6.07) is 9.17. The molecule has 15 atom stereocenters. The second-order valence-electron chi connectivity index (χ2n) is 15.8. The highest BCUT2D eigenvalue weighted by molar-refractivity contribution is 5.89. The summed E-state index contributed by atoms with van der Waals surface area (Å²) in [5.74, 6) is -5.02. The lowest BCUT2D eigenvalue weighted by molar-refractivity contribution is -0.358. The number of esters is 1. The van der Waals surface area contributed by atoms with E-state index in [-0.39, 0.29) is 22.8 Å². The number of benzene rings is 3. The number of methoxy groups -OCH3 is 1. The molecule has 3 fully saturated rings. The predicted octanol–water partition coefficient (Wildman–Crippen LogP) is -3.26. The number of aromatic hydroxyl groups is 4. The molecule has 0 saturated carbocycles. The first-order valence-corrected chi connectivity index (χ1v) is 20.5. The minimum Gasteiger partial charge on any atom is -0.507 e. The van der Waals surface area contributed by atoms with Crippen LogP contribution in [-0.4, -0.2) is 197 Å². The van der Waals surface area contributed by atoms with E-state index >= 15 is 0 Å². The molecule has 25 heteroatoms. The summed E-state index contributed by atoms with van der Waals surface area (Å²) < 4.78 is 50.4. The standard InChI is InChI=1S/C43H48O25/c1-60-22-8-15(2-5-19(22)47)3-7-27(50)61-14-26-31(53)34(56)37(59)42(66-26)68-40-35(57)30(52)25(13-45)65-43(40)67-39-32(54)28-21(49)10-17(62-41-36(58)33(55)29(51)24(12-44)64-41)11-23(28)63-38(39)16-4-6-18(46)20(48)9-16/h2-11,24-26,29-31,33-37,40-49,51-53,55-59H,12-14H2,1H3/b7-3+/t24-,25-,26-,29-,30-,31-,33+,34+,35+,36-,37-,40-,41-,42+,43+/m1/s1. The Morgan fingerprint density at radius 3 is 1.93 bits per heavy atom. The smallest absolute Gasteiger partial charge is 0.330 e. The molecule has 0 radical (unpaired) electrons. The number of fused-ring (bicyclic) bond motifs is 1. The van der Waals surface area contributed by atoms with Gasteiger partial charge in [-0.3, -0.25) is 4.79 Å². The maximum Gasteiger partial charge on any atom is 0.330 e. The van der Waals surface area contributed by atoms with Crippen LogP contribution < -0.4 is 19.6 Å². The lowest BCUT2D eigenvalue weighted by Gasteiger charge is -2.45. The van der Waals surface area contributed by atoms with Crippen molar-refractivity contribution in [1.29, 1.82) is 0 Å². The molecule has 370 valence electrons. The van der Waals surface area contributed by atoms with Gasteiger partial charge in [0.1, 0.15) is 96.2 Å². The third-order valence-corrected chi connectivity index (χ3v) is 11.3. The summed E-state index contributed by atoms with van der Waals surface area (Å²) in [6.07, 6.45) is -26.0. The second kappa shape index (κ2) is 20.8. The molecule has 3 saturated heterocycles. The summed E-state index contributed by atoms with van der Waals surface area (Å²) in [6.45, 7) is -2.52. The zero-order valence-corrected chi connectivity index (χ0v) is 35.3. The van der Waals surface area contributed by atoms with Gasteiger partial charge in [-0.1, -0.05) is 6.07 Å². The molecule has 68 heavy (non-hydrogen) atoms. The molecule has 0 amide bonds. The molecule has 14 N–H and O–H groups in total. The van der Waals surface area contributed by atoms with E-state index in [9.17, 15) is 81.1 Å². The highest BCUT2D eigenvalue weighted by atomic mass is 16.8. The quantitative estimate of drug-likeness (QED) is 0.0335. The van der Waals surface area contributed by atoms with Crippen LogP contribution in [0.5, 0.6) is 40.2 Å². The minimum atomic E-state index is -2.13. The van der Waals surface area contributed by atoms with Gasteiger partial charge >= 0.3 is 5.97 Å². The van der Waals surface area contributed by atoms with Crippen molar-refractivity contribution >= 4 is 23.0 Å². The van der Waals surface area contributed by atoms with Gasteiger partial charge in [0.15, 0.2) is 41.2 Å². The molecule has 25 nitrogen and oxygen atoms in total. The fraction of sp³-hybridized carbons (Fsp3) is 0.442. The molecule has 0 spiro atoms. The van der Waals surface area contributed by atoms with Gasteiger partial charge in [0, 0.05) is 23.8 Å². The van der Waals surface area contributed by atoms with Crippen LogP contribution in [0.25, 0.3) is 28.4 Å². The fourth-order valence-corrected chi connectivity index (χ4v) is 7.49. The largest absolute Gasteiger partial charge is 0.507 e. The number of phenolic OH excluding ortho intramolecular Hbond substituents is 4. The summed E-state index contributed by atoms with van der Waals surface area (Å²) in [5, 5.41) is 146. The monoisotopic (exact) mass is 964 g/mol. The van der Waals surface area contributed by atoms with Gasteiger partial charge < -0.3 is 114 Å². The first kappa shape index (κ1) is 50.0. The molecule has 0 unspecified atom stereocenters. The SMILES string of the molecule is COc1cc(/C=C/C(=O)OC[C@H]2O[C@@H](O[C@H]3[C@H](Oc4c(-c5ccc(O)c(O)c5)oc5cc(O[C@@H]6O[C@H](CO)[C@@H](O)[C@H](O)[C@H]6O)cc(O)c5c4=O)O[C@H](CO)[C@@H](O)[C@@H]3O)[C@H](O)[C@@H](O)[C@@H]2O)ccc1O. The molecule has 0 aliphatic carbocycles. The molecule has 7 rings (SSSR count). The van der Waals surface area contributed by atoms with Crippen molar-refractivity contribution in [3.05, 3.63) is 70.4 Å². The summed E-state index contributed by atoms with van der Waals surface area (Å²) in [7, 11) is 1.32. The number of phenols is 4. The van der Waals surface area contributed by atoms with Crippen LogP contribution in [-0.2, 0) is 28.5 Å². The van der Waals surface area contributed by atoms with Gasteiger partial charge in [0.05, 0.1) is 20.3 Å². The van der Waals surface area contributed by atoms with Gasteiger partial charge in [0.2, 0.25) is 23.8 Å². The average Bonchev–Trinajstić information content (AvgIpc) is 3.32.